The number of para-hydroxylation sites is 2. The molecule has 7 nitrogen and oxygen atoms in total. The van der Waals surface area contributed by atoms with Crippen LogP contribution in [0.25, 0.3) is 0 Å². The van der Waals surface area contributed by atoms with Gasteiger partial charge in [0.1, 0.15) is 12.2 Å². The van der Waals surface area contributed by atoms with Crippen molar-refractivity contribution in [3.05, 3.63) is 58.1 Å². The minimum Gasteiger partial charge on any atom is -0.493 e. The Kier molecular flexibility index (Phi) is 5.58. The number of nitro groups is 1. The summed E-state index contributed by atoms with van der Waals surface area (Å²) in [7, 11) is 1.57. The van der Waals surface area contributed by atoms with Crippen LogP contribution in [0.2, 0.25) is 0 Å². The summed E-state index contributed by atoms with van der Waals surface area (Å²) in [5.41, 5.74) is 0.627. The zero-order chi connectivity index (χ0) is 17.5. The standard InChI is InChI=1S/C17H17N3O4/c1-12(24-17-6-4-3-5-16(17)23-2)11-19-15-8-7-14(20(21)22)9-13(15)10-18/h3-9,12,19H,11H2,1-2H3. The van der Waals surface area contributed by atoms with Gasteiger partial charge in [0.25, 0.3) is 5.69 Å². The number of nitrogens with zero attached hydrogens (tertiary/aromatic N) is 2. The van der Waals surface area contributed by atoms with Gasteiger partial charge in [-0.15, -0.1) is 0 Å². The van der Waals surface area contributed by atoms with Gasteiger partial charge in [0.05, 0.1) is 29.8 Å². The van der Waals surface area contributed by atoms with Gasteiger partial charge in [0, 0.05) is 12.1 Å². The fourth-order valence-electron chi connectivity index (χ4n) is 2.12. The zero-order valence-corrected chi connectivity index (χ0v) is 13.4. The highest BCUT2D eigenvalue weighted by atomic mass is 16.6. The van der Waals surface area contributed by atoms with Gasteiger partial charge in [-0.3, -0.25) is 10.1 Å². The van der Waals surface area contributed by atoms with E-state index >= 15 is 0 Å². The quantitative estimate of drug-likeness (QED) is 0.618. The van der Waals surface area contributed by atoms with E-state index in [1.54, 1.807) is 13.2 Å². The minimum absolute atomic E-state index is 0.115. The highest BCUT2D eigenvalue weighted by Gasteiger charge is 2.12. The first-order valence-electron chi connectivity index (χ1n) is 7.27. The summed E-state index contributed by atoms with van der Waals surface area (Å²) in [5, 5.41) is 23.0. The van der Waals surface area contributed by atoms with Crippen molar-refractivity contribution in [3.63, 3.8) is 0 Å². The molecule has 0 bridgehead atoms. The normalized spacial score (nSPS) is 11.2. The van der Waals surface area contributed by atoms with E-state index in [0.29, 0.717) is 23.7 Å². The molecule has 0 amide bonds. The fourth-order valence-corrected chi connectivity index (χ4v) is 2.12. The largest absolute Gasteiger partial charge is 0.493 e. The average molecular weight is 327 g/mol. The Morgan fingerprint density at radius 3 is 2.62 bits per heavy atom. The summed E-state index contributed by atoms with van der Waals surface area (Å²) in [5.74, 6) is 1.26. The molecule has 0 aliphatic heterocycles. The molecule has 124 valence electrons. The summed E-state index contributed by atoms with van der Waals surface area (Å²) in [6.45, 7) is 2.29. The van der Waals surface area contributed by atoms with E-state index < -0.39 is 4.92 Å². The second-order valence-electron chi connectivity index (χ2n) is 5.06. The van der Waals surface area contributed by atoms with Crippen molar-refractivity contribution < 1.29 is 14.4 Å². The van der Waals surface area contributed by atoms with Crippen LogP contribution in [0.4, 0.5) is 11.4 Å². The van der Waals surface area contributed by atoms with Crippen LogP contribution >= 0.6 is 0 Å². The molecule has 7 heteroatoms. The predicted octanol–water partition coefficient (Wildman–Crippen LogP) is 3.35. The molecule has 24 heavy (non-hydrogen) atoms. The Balaban J connectivity index is 2.03. The second kappa shape index (κ2) is 7.83. The third kappa shape index (κ3) is 4.14. The lowest BCUT2D eigenvalue weighted by molar-refractivity contribution is -0.384. The Hall–Kier alpha value is -3.27. The molecule has 0 aliphatic rings. The van der Waals surface area contributed by atoms with Crippen molar-refractivity contribution in [1.29, 1.82) is 5.26 Å². The van der Waals surface area contributed by atoms with Gasteiger partial charge in [0.15, 0.2) is 11.5 Å². The van der Waals surface area contributed by atoms with Crippen LogP contribution in [-0.4, -0.2) is 24.7 Å². The van der Waals surface area contributed by atoms with Crippen molar-refractivity contribution in [2.45, 2.75) is 13.0 Å². The van der Waals surface area contributed by atoms with Gasteiger partial charge < -0.3 is 14.8 Å². The first kappa shape index (κ1) is 17.1. The lowest BCUT2D eigenvalue weighted by atomic mass is 10.1. The third-order valence-electron chi connectivity index (χ3n) is 3.31. The maximum atomic E-state index is 10.8. The fraction of sp³-hybridized carbons (Fsp3) is 0.235. The molecule has 1 N–H and O–H groups in total. The Bertz CT molecular complexity index is 771. The molecule has 0 heterocycles. The van der Waals surface area contributed by atoms with Gasteiger partial charge in [-0.1, -0.05) is 12.1 Å². The van der Waals surface area contributed by atoms with Gasteiger partial charge in [-0.25, -0.2) is 0 Å². The number of rotatable bonds is 7. The van der Waals surface area contributed by atoms with Crippen LogP contribution in [0.15, 0.2) is 42.5 Å². The molecule has 1 unspecified atom stereocenters. The number of nitriles is 1. The number of ether oxygens (including phenoxy) is 2. The molecule has 0 spiro atoms. The number of anilines is 1. The molecule has 0 aliphatic carbocycles. The van der Waals surface area contributed by atoms with Gasteiger partial charge in [-0.2, -0.15) is 5.26 Å². The van der Waals surface area contributed by atoms with Crippen molar-refractivity contribution in [2.75, 3.05) is 19.0 Å². The van der Waals surface area contributed by atoms with Crippen LogP contribution < -0.4 is 14.8 Å². The number of nitro benzene ring substituents is 1. The molecule has 0 saturated heterocycles. The van der Waals surface area contributed by atoms with E-state index in [1.165, 1.54) is 18.2 Å². The van der Waals surface area contributed by atoms with E-state index in [0.717, 1.165) is 0 Å². The number of nitrogens with one attached hydrogen (secondary N) is 1. The van der Waals surface area contributed by atoms with Crippen molar-refractivity contribution in [2.24, 2.45) is 0 Å². The third-order valence-corrected chi connectivity index (χ3v) is 3.31. The molecular formula is C17H17N3O4. The predicted molar refractivity (Wildman–Crippen MR) is 89.4 cm³/mol. The molecule has 0 aromatic heterocycles. The molecule has 0 saturated carbocycles. The smallest absolute Gasteiger partial charge is 0.270 e. The Morgan fingerprint density at radius 1 is 1.29 bits per heavy atom. The summed E-state index contributed by atoms with van der Waals surface area (Å²) in [6, 6.07) is 13.4. The first-order chi connectivity index (χ1) is 11.5. The van der Waals surface area contributed by atoms with Crippen molar-refractivity contribution in [3.8, 4) is 17.6 Å². The lowest BCUT2D eigenvalue weighted by Crippen LogP contribution is -2.23. The number of non-ortho nitro benzene ring substituents is 1. The molecule has 0 radical (unpaired) electrons. The van der Waals surface area contributed by atoms with E-state index in [1.807, 2.05) is 31.2 Å². The Morgan fingerprint density at radius 2 is 2.00 bits per heavy atom. The highest BCUT2D eigenvalue weighted by Crippen LogP contribution is 2.27. The Labute approximate surface area is 139 Å². The van der Waals surface area contributed by atoms with Crippen LogP contribution in [0.1, 0.15) is 12.5 Å². The summed E-state index contributed by atoms with van der Waals surface area (Å²) in [6.07, 6.45) is -0.206. The summed E-state index contributed by atoms with van der Waals surface area (Å²) in [4.78, 5) is 10.2. The SMILES string of the molecule is COc1ccccc1OC(C)CNc1ccc([N+](=O)[O-])cc1C#N. The van der Waals surface area contributed by atoms with Gasteiger partial charge in [0.2, 0.25) is 0 Å². The molecule has 1 atom stereocenters. The highest BCUT2D eigenvalue weighted by molar-refractivity contribution is 5.61. The minimum atomic E-state index is -0.530. The summed E-state index contributed by atoms with van der Waals surface area (Å²) < 4.78 is 11.0. The number of hydrogen-bond acceptors (Lipinski definition) is 6. The van der Waals surface area contributed by atoms with Crippen molar-refractivity contribution in [1.82, 2.24) is 0 Å². The number of hydrogen-bond donors (Lipinski definition) is 1. The van der Waals surface area contributed by atoms with Gasteiger partial charge in [-0.05, 0) is 25.1 Å². The maximum Gasteiger partial charge on any atom is 0.270 e. The average Bonchev–Trinajstić information content (AvgIpc) is 2.60. The molecule has 2 aromatic carbocycles. The van der Waals surface area contributed by atoms with E-state index in [2.05, 4.69) is 5.32 Å². The van der Waals surface area contributed by atoms with E-state index in [4.69, 9.17) is 14.7 Å². The lowest BCUT2D eigenvalue weighted by Gasteiger charge is -2.18. The zero-order valence-electron chi connectivity index (χ0n) is 13.4. The molecule has 2 aromatic rings. The molecule has 2 rings (SSSR count). The number of methoxy groups -OCH3 is 1. The second-order valence-corrected chi connectivity index (χ2v) is 5.06. The molecular weight excluding hydrogens is 310 g/mol. The summed E-state index contributed by atoms with van der Waals surface area (Å²) >= 11 is 0. The van der Waals surface area contributed by atoms with Crippen LogP contribution in [0.3, 0.4) is 0 Å². The van der Waals surface area contributed by atoms with Gasteiger partial charge >= 0.3 is 0 Å². The maximum absolute atomic E-state index is 10.8. The van der Waals surface area contributed by atoms with Crippen LogP contribution in [0, 0.1) is 21.4 Å². The van der Waals surface area contributed by atoms with Crippen molar-refractivity contribution >= 4 is 11.4 Å². The van der Waals surface area contributed by atoms with Crippen LogP contribution in [-0.2, 0) is 0 Å². The van der Waals surface area contributed by atoms with E-state index in [-0.39, 0.29) is 17.4 Å². The molecule has 0 fully saturated rings. The van der Waals surface area contributed by atoms with Crippen LogP contribution in [0.5, 0.6) is 11.5 Å². The monoisotopic (exact) mass is 327 g/mol. The topological polar surface area (TPSA) is 97.4 Å². The van der Waals surface area contributed by atoms with E-state index in [9.17, 15) is 10.1 Å². The first-order valence-corrected chi connectivity index (χ1v) is 7.27. The number of benzene rings is 2.